The molecule has 1 N–H and O–H groups in total. The van der Waals surface area contributed by atoms with Gasteiger partial charge >= 0.3 is 0 Å². The van der Waals surface area contributed by atoms with Crippen molar-refractivity contribution >= 4 is 22.6 Å². The smallest absolute Gasteiger partial charge is 0.267 e. The summed E-state index contributed by atoms with van der Waals surface area (Å²) in [5, 5.41) is 3.35. The van der Waals surface area contributed by atoms with E-state index in [-0.39, 0.29) is 11.5 Å². The molecule has 0 saturated heterocycles. The van der Waals surface area contributed by atoms with Crippen molar-refractivity contribution in [1.29, 1.82) is 0 Å². The number of nitrogens with one attached hydrogen (secondary N) is 1. The summed E-state index contributed by atoms with van der Waals surface area (Å²) in [5.74, 6) is -0.220. The number of fused-ring (bicyclic) bond motifs is 2. The van der Waals surface area contributed by atoms with Crippen molar-refractivity contribution in [3.8, 4) is 0 Å². The average molecular weight is 400 g/mol. The predicted octanol–water partition coefficient (Wildman–Crippen LogP) is 2.15. The third-order valence-corrected chi connectivity index (χ3v) is 4.81. The Morgan fingerprint density at radius 3 is 2.83 bits per heavy atom. The molecule has 156 valence electrons. The second kappa shape index (κ2) is 9.67. The number of hydrogen-bond acceptors (Lipinski definition) is 5. The summed E-state index contributed by atoms with van der Waals surface area (Å²) in [5.41, 5.74) is 2.29. The van der Waals surface area contributed by atoms with Crippen molar-refractivity contribution in [3.05, 3.63) is 46.0 Å². The van der Waals surface area contributed by atoms with E-state index in [1.165, 1.54) is 4.40 Å². The van der Waals surface area contributed by atoms with E-state index in [2.05, 4.69) is 5.32 Å². The Kier molecular flexibility index (Phi) is 7.00. The van der Waals surface area contributed by atoms with Gasteiger partial charge in [0.05, 0.1) is 5.39 Å². The van der Waals surface area contributed by atoms with E-state index >= 15 is 0 Å². The van der Waals surface area contributed by atoms with Gasteiger partial charge in [-0.1, -0.05) is 6.07 Å². The van der Waals surface area contributed by atoms with Crippen LogP contribution in [0.15, 0.2) is 29.2 Å². The number of hydrogen-bond donors (Lipinski definition) is 1. The Morgan fingerprint density at radius 2 is 2.07 bits per heavy atom. The highest BCUT2D eigenvalue weighted by atomic mass is 16.5. The van der Waals surface area contributed by atoms with Gasteiger partial charge in [0.15, 0.2) is 0 Å². The standard InChI is InChI=1S/C21H28N4O4/c1-4-29-13-6-9-22-20(26)17-14-16-19(24(17)11-7-12-28-3)23-18-15(2)8-5-10-25(18)21(16)27/h5,8,10,14H,4,6-7,9,11-13H2,1-3H3,(H,22,26). The summed E-state index contributed by atoms with van der Waals surface area (Å²) in [4.78, 5) is 30.6. The van der Waals surface area contributed by atoms with E-state index in [4.69, 9.17) is 14.5 Å². The van der Waals surface area contributed by atoms with Crippen LogP contribution in [-0.2, 0) is 16.0 Å². The first kappa shape index (κ1) is 21.0. The van der Waals surface area contributed by atoms with Crippen LogP contribution >= 0.6 is 0 Å². The molecule has 8 nitrogen and oxygen atoms in total. The first-order valence-electron chi connectivity index (χ1n) is 9.94. The molecule has 0 aliphatic rings. The van der Waals surface area contributed by atoms with Gasteiger partial charge in [0.2, 0.25) is 0 Å². The molecule has 3 aromatic rings. The highest BCUT2D eigenvalue weighted by Gasteiger charge is 2.19. The molecule has 3 heterocycles. The van der Waals surface area contributed by atoms with E-state index in [0.29, 0.717) is 61.7 Å². The second-order valence-electron chi connectivity index (χ2n) is 6.87. The van der Waals surface area contributed by atoms with Crippen LogP contribution in [0.1, 0.15) is 35.8 Å². The fraction of sp³-hybridized carbons (Fsp3) is 0.476. The Morgan fingerprint density at radius 1 is 1.24 bits per heavy atom. The lowest BCUT2D eigenvalue weighted by molar-refractivity contribution is 0.0934. The summed E-state index contributed by atoms with van der Waals surface area (Å²) >= 11 is 0. The lowest BCUT2D eigenvalue weighted by Gasteiger charge is -2.11. The normalized spacial score (nSPS) is 11.4. The molecule has 0 aromatic carbocycles. The van der Waals surface area contributed by atoms with Gasteiger partial charge in [-0.05, 0) is 44.4 Å². The van der Waals surface area contributed by atoms with Crippen molar-refractivity contribution in [2.45, 2.75) is 33.2 Å². The Labute approximate surface area is 169 Å². The number of rotatable bonds is 10. The van der Waals surface area contributed by atoms with E-state index in [1.807, 2.05) is 30.5 Å². The molecular weight excluding hydrogens is 372 g/mol. The molecule has 0 bridgehead atoms. The van der Waals surface area contributed by atoms with Crippen LogP contribution in [-0.4, -0.2) is 53.3 Å². The number of pyridine rings is 1. The van der Waals surface area contributed by atoms with Crippen LogP contribution in [0.25, 0.3) is 16.7 Å². The quantitative estimate of drug-likeness (QED) is 0.527. The molecule has 0 aliphatic heterocycles. The fourth-order valence-electron chi connectivity index (χ4n) is 3.35. The monoisotopic (exact) mass is 400 g/mol. The van der Waals surface area contributed by atoms with E-state index < -0.39 is 0 Å². The average Bonchev–Trinajstić information content (AvgIpc) is 3.08. The molecule has 1 amide bonds. The topological polar surface area (TPSA) is 86.9 Å². The molecule has 0 atom stereocenters. The SMILES string of the molecule is CCOCCCNC(=O)c1cc2c(=O)n3cccc(C)c3nc2n1CCCOC. The molecular formula is C21H28N4O4. The highest BCUT2D eigenvalue weighted by Crippen LogP contribution is 2.18. The molecule has 3 aromatic heterocycles. The van der Waals surface area contributed by atoms with Gasteiger partial charge in [-0.15, -0.1) is 0 Å². The second-order valence-corrected chi connectivity index (χ2v) is 6.87. The zero-order valence-electron chi connectivity index (χ0n) is 17.2. The summed E-state index contributed by atoms with van der Waals surface area (Å²) in [6, 6.07) is 5.38. The van der Waals surface area contributed by atoms with Gasteiger partial charge in [0.25, 0.3) is 11.5 Å². The number of methoxy groups -OCH3 is 1. The summed E-state index contributed by atoms with van der Waals surface area (Å²) in [7, 11) is 1.64. The summed E-state index contributed by atoms with van der Waals surface area (Å²) in [6.07, 6.45) is 3.14. The number of ether oxygens (including phenoxy) is 2. The van der Waals surface area contributed by atoms with Crippen LogP contribution in [0.3, 0.4) is 0 Å². The van der Waals surface area contributed by atoms with Crippen molar-refractivity contribution in [2.75, 3.05) is 33.5 Å². The number of amides is 1. The zero-order valence-corrected chi connectivity index (χ0v) is 17.2. The first-order chi connectivity index (χ1) is 14.1. The minimum Gasteiger partial charge on any atom is -0.385 e. The van der Waals surface area contributed by atoms with Crippen LogP contribution < -0.4 is 10.9 Å². The predicted molar refractivity (Wildman–Crippen MR) is 112 cm³/mol. The van der Waals surface area contributed by atoms with E-state index in [1.54, 1.807) is 19.4 Å². The Balaban J connectivity index is 2.01. The van der Waals surface area contributed by atoms with Crippen LogP contribution in [0.2, 0.25) is 0 Å². The van der Waals surface area contributed by atoms with E-state index in [0.717, 1.165) is 12.0 Å². The maximum absolute atomic E-state index is 13.0. The molecule has 8 heteroatoms. The minimum absolute atomic E-state index is 0.176. The largest absolute Gasteiger partial charge is 0.385 e. The first-order valence-corrected chi connectivity index (χ1v) is 9.94. The third kappa shape index (κ3) is 4.49. The minimum atomic E-state index is -0.220. The fourth-order valence-corrected chi connectivity index (χ4v) is 3.35. The number of carbonyl (C=O) groups is 1. The molecule has 0 radical (unpaired) electrons. The van der Waals surface area contributed by atoms with Gasteiger partial charge in [-0.2, -0.15) is 0 Å². The van der Waals surface area contributed by atoms with E-state index in [9.17, 15) is 9.59 Å². The highest BCUT2D eigenvalue weighted by molar-refractivity contribution is 5.98. The molecule has 0 aliphatic carbocycles. The maximum atomic E-state index is 13.0. The number of aryl methyl sites for hydroxylation is 2. The van der Waals surface area contributed by atoms with Crippen molar-refractivity contribution < 1.29 is 14.3 Å². The Bertz CT molecular complexity index is 1050. The van der Waals surface area contributed by atoms with Gasteiger partial charge in [-0.3, -0.25) is 14.0 Å². The van der Waals surface area contributed by atoms with Gasteiger partial charge in [0, 0.05) is 46.2 Å². The lowest BCUT2D eigenvalue weighted by Crippen LogP contribution is -2.27. The van der Waals surface area contributed by atoms with Gasteiger partial charge < -0.3 is 19.4 Å². The maximum Gasteiger partial charge on any atom is 0.267 e. The third-order valence-electron chi connectivity index (χ3n) is 4.81. The molecule has 0 spiro atoms. The molecule has 3 rings (SSSR count). The summed E-state index contributed by atoms with van der Waals surface area (Å²) in [6.45, 7) is 6.71. The number of carbonyl (C=O) groups excluding carboxylic acids is 1. The molecule has 0 unspecified atom stereocenters. The van der Waals surface area contributed by atoms with Crippen molar-refractivity contribution in [1.82, 2.24) is 19.3 Å². The Hall–Kier alpha value is -2.71. The zero-order chi connectivity index (χ0) is 20.8. The van der Waals surface area contributed by atoms with Crippen molar-refractivity contribution in [3.63, 3.8) is 0 Å². The van der Waals surface area contributed by atoms with Crippen molar-refractivity contribution in [2.24, 2.45) is 0 Å². The van der Waals surface area contributed by atoms with Gasteiger partial charge in [-0.25, -0.2) is 4.98 Å². The number of nitrogens with zero attached hydrogens (tertiary/aromatic N) is 3. The lowest BCUT2D eigenvalue weighted by atomic mass is 10.3. The molecule has 29 heavy (non-hydrogen) atoms. The van der Waals surface area contributed by atoms with Crippen LogP contribution in [0, 0.1) is 6.92 Å². The number of aromatic nitrogens is 3. The van der Waals surface area contributed by atoms with Gasteiger partial charge in [0.1, 0.15) is 17.0 Å². The van der Waals surface area contributed by atoms with Crippen LogP contribution in [0.5, 0.6) is 0 Å². The summed E-state index contributed by atoms with van der Waals surface area (Å²) < 4.78 is 13.8. The molecule has 0 saturated carbocycles. The molecule has 0 fully saturated rings. The van der Waals surface area contributed by atoms with Crippen LogP contribution in [0.4, 0.5) is 0 Å².